The predicted octanol–water partition coefficient (Wildman–Crippen LogP) is 5.20. The molecule has 9 heteroatoms. The minimum Gasteiger partial charge on any atom is -0.423 e. The summed E-state index contributed by atoms with van der Waals surface area (Å²) in [4.78, 5) is 29.7. The van der Waals surface area contributed by atoms with E-state index in [4.69, 9.17) is 9.26 Å². The lowest BCUT2D eigenvalue weighted by atomic mass is 10.2. The number of benzene rings is 1. The molecule has 0 saturated heterocycles. The van der Waals surface area contributed by atoms with Crippen molar-refractivity contribution in [3.63, 3.8) is 0 Å². The SMILES string of the molecule is Cc1cc(CSc2ncccc2C(=O)Oc2ccc(NC(=O)c3cccs3)cc2)no1. The Hall–Kier alpha value is -3.43. The number of pyridine rings is 1. The van der Waals surface area contributed by atoms with Gasteiger partial charge in [-0.15, -0.1) is 11.3 Å². The van der Waals surface area contributed by atoms with E-state index in [0.717, 1.165) is 11.5 Å². The molecule has 4 aromatic rings. The molecule has 0 aliphatic heterocycles. The highest BCUT2D eigenvalue weighted by Crippen LogP contribution is 2.26. The monoisotopic (exact) mass is 451 g/mol. The van der Waals surface area contributed by atoms with E-state index >= 15 is 0 Å². The topological polar surface area (TPSA) is 94.3 Å². The zero-order valence-corrected chi connectivity index (χ0v) is 18.0. The quantitative estimate of drug-likeness (QED) is 0.234. The summed E-state index contributed by atoms with van der Waals surface area (Å²) < 4.78 is 10.6. The van der Waals surface area contributed by atoms with Crippen LogP contribution in [0.2, 0.25) is 0 Å². The van der Waals surface area contributed by atoms with Gasteiger partial charge in [-0.2, -0.15) is 0 Å². The molecule has 0 unspecified atom stereocenters. The fourth-order valence-corrected chi connectivity index (χ4v) is 4.14. The number of carbonyl (C=O) groups excluding carboxylic acids is 2. The zero-order valence-electron chi connectivity index (χ0n) is 16.4. The van der Waals surface area contributed by atoms with Crippen molar-refractivity contribution in [2.45, 2.75) is 17.7 Å². The van der Waals surface area contributed by atoms with E-state index in [0.29, 0.717) is 32.7 Å². The van der Waals surface area contributed by atoms with Gasteiger partial charge in [0.05, 0.1) is 16.1 Å². The van der Waals surface area contributed by atoms with Gasteiger partial charge >= 0.3 is 5.97 Å². The molecule has 0 aliphatic carbocycles. The van der Waals surface area contributed by atoms with Gasteiger partial charge in [-0.1, -0.05) is 23.0 Å². The molecule has 0 radical (unpaired) electrons. The lowest BCUT2D eigenvalue weighted by Crippen LogP contribution is -2.11. The van der Waals surface area contributed by atoms with Gasteiger partial charge in [-0.3, -0.25) is 4.79 Å². The largest absolute Gasteiger partial charge is 0.423 e. The summed E-state index contributed by atoms with van der Waals surface area (Å²) in [5, 5.41) is 9.14. The van der Waals surface area contributed by atoms with Crippen molar-refractivity contribution in [3.8, 4) is 5.75 Å². The van der Waals surface area contributed by atoms with Gasteiger partial charge in [0.25, 0.3) is 5.91 Å². The smallest absolute Gasteiger partial charge is 0.346 e. The van der Waals surface area contributed by atoms with Crippen molar-refractivity contribution in [2.75, 3.05) is 5.32 Å². The molecule has 0 aliphatic rings. The number of carbonyl (C=O) groups is 2. The number of aryl methyl sites for hydroxylation is 1. The number of nitrogens with zero attached hydrogens (tertiary/aromatic N) is 2. The maximum atomic E-state index is 12.7. The molecule has 0 saturated carbocycles. The Labute approximate surface area is 186 Å². The molecule has 3 heterocycles. The molecule has 0 fully saturated rings. The Morgan fingerprint density at radius 1 is 1.16 bits per heavy atom. The van der Waals surface area contributed by atoms with Gasteiger partial charge in [-0.05, 0) is 54.8 Å². The lowest BCUT2D eigenvalue weighted by Gasteiger charge is -2.09. The fourth-order valence-electron chi connectivity index (χ4n) is 2.66. The summed E-state index contributed by atoms with van der Waals surface area (Å²) in [7, 11) is 0. The van der Waals surface area contributed by atoms with E-state index < -0.39 is 5.97 Å². The molecule has 7 nitrogen and oxygen atoms in total. The second-order valence-corrected chi connectivity index (χ2v) is 8.33. The number of esters is 1. The second kappa shape index (κ2) is 9.59. The molecule has 1 aromatic carbocycles. The maximum absolute atomic E-state index is 12.7. The van der Waals surface area contributed by atoms with Crippen molar-refractivity contribution in [1.29, 1.82) is 0 Å². The third-order valence-electron chi connectivity index (χ3n) is 4.09. The van der Waals surface area contributed by atoms with Crippen molar-refractivity contribution < 1.29 is 18.8 Å². The molecular formula is C22H17N3O4S2. The fraction of sp³-hybridized carbons (Fsp3) is 0.0909. The number of rotatable bonds is 7. The molecule has 0 bridgehead atoms. The van der Waals surface area contributed by atoms with Crippen LogP contribution in [0.15, 0.2) is 75.7 Å². The molecule has 3 aromatic heterocycles. The normalized spacial score (nSPS) is 10.6. The number of nitrogens with one attached hydrogen (secondary N) is 1. The number of hydrogen-bond acceptors (Lipinski definition) is 8. The van der Waals surface area contributed by atoms with Crippen LogP contribution < -0.4 is 10.1 Å². The molecular weight excluding hydrogens is 434 g/mol. The summed E-state index contributed by atoms with van der Waals surface area (Å²) in [6, 6.07) is 15.4. The Morgan fingerprint density at radius 2 is 2.00 bits per heavy atom. The number of hydrogen-bond donors (Lipinski definition) is 1. The van der Waals surface area contributed by atoms with Gasteiger partial charge in [0, 0.05) is 23.7 Å². The number of aromatic nitrogens is 2. The standard InChI is InChI=1S/C22H17N3O4S2/c1-14-12-16(25-29-14)13-31-21-18(4-2-10-23-21)22(27)28-17-8-6-15(7-9-17)24-20(26)19-5-3-11-30-19/h2-12H,13H2,1H3,(H,24,26). The van der Waals surface area contributed by atoms with Crippen LogP contribution in [0.3, 0.4) is 0 Å². The predicted molar refractivity (Wildman–Crippen MR) is 119 cm³/mol. The van der Waals surface area contributed by atoms with E-state index in [-0.39, 0.29) is 5.91 Å². The van der Waals surface area contributed by atoms with E-state index in [1.807, 2.05) is 24.4 Å². The number of anilines is 1. The molecule has 4 rings (SSSR count). The third-order valence-corrected chi connectivity index (χ3v) is 6.00. The zero-order chi connectivity index (χ0) is 21.6. The van der Waals surface area contributed by atoms with Crippen LogP contribution in [-0.4, -0.2) is 22.0 Å². The van der Waals surface area contributed by atoms with Gasteiger partial charge in [-0.25, -0.2) is 9.78 Å². The summed E-state index contributed by atoms with van der Waals surface area (Å²) >= 11 is 2.75. The number of ether oxygens (including phenoxy) is 1. The number of thioether (sulfide) groups is 1. The average Bonchev–Trinajstić information content (AvgIpc) is 3.46. The van der Waals surface area contributed by atoms with Gasteiger partial charge in [0.1, 0.15) is 16.5 Å². The lowest BCUT2D eigenvalue weighted by molar-refractivity contribution is 0.0730. The van der Waals surface area contributed by atoms with Crippen LogP contribution in [0.25, 0.3) is 0 Å². The van der Waals surface area contributed by atoms with Crippen LogP contribution in [0.4, 0.5) is 5.69 Å². The van der Waals surface area contributed by atoms with Crippen molar-refractivity contribution >= 4 is 40.7 Å². The minimum absolute atomic E-state index is 0.181. The highest BCUT2D eigenvalue weighted by Gasteiger charge is 2.16. The first-order valence-corrected chi connectivity index (χ1v) is 11.1. The van der Waals surface area contributed by atoms with Crippen LogP contribution in [0.5, 0.6) is 5.75 Å². The summed E-state index contributed by atoms with van der Waals surface area (Å²) in [5.41, 5.74) is 1.74. The maximum Gasteiger partial charge on any atom is 0.346 e. The Balaban J connectivity index is 1.39. The Kier molecular flexibility index (Phi) is 6.44. The number of amides is 1. The third kappa shape index (κ3) is 5.39. The second-order valence-electron chi connectivity index (χ2n) is 6.42. The Bertz CT molecular complexity index is 1190. The minimum atomic E-state index is -0.512. The van der Waals surface area contributed by atoms with Crippen molar-refractivity contribution in [3.05, 3.63) is 88.1 Å². The van der Waals surface area contributed by atoms with Gasteiger partial charge in [0.2, 0.25) is 0 Å². The van der Waals surface area contributed by atoms with E-state index in [9.17, 15) is 9.59 Å². The van der Waals surface area contributed by atoms with E-state index in [1.54, 1.807) is 48.7 Å². The highest BCUT2D eigenvalue weighted by molar-refractivity contribution is 7.98. The summed E-state index contributed by atoms with van der Waals surface area (Å²) in [5.74, 6) is 0.923. The molecule has 1 amide bonds. The first-order chi connectivity index (χ1) is 15.1. The number of thiophene rings is 1. The summed E-state index contributed by atoms with van der Waals surface area (Å²) in [6.45, 7) is 1.82. The average molecular weight is 452 g/mol. The molecule has 156 valence electrons. The molecule has 0 spiro atoms. The first-order valence-electron chi connectivity index (χ1n) is 9.25. The summed E-state index contributed by atoms with van der Waals surface area (Å²) in [6.07, 6.45) is 1.62. The Morgan fingerprint density at radius 3 is 2.71 bits per heavy atom. The van der Waals surface area contributed by atoms with Crippen LogP contribution in [0.1, 0.15) is 31.5 Å². The molecule has 31 heavy (non-hydrogen) atoms. The van der Waals surface area contributed by atoms with Gasteiger partial charge < -0.3 is 14.6 Å². The van der Waals surface area contributed by atoms with Crippen LogP contribution in [0, 0.1) is 6.92 Å². The van der Waals surface area contributed by atoms with Crippen molar-refractivity contribution in [1.82, 2.24) is 10.1 Å². The van der Waals surface area contributed by atoms with Crippen molar-refractivity contribution in [2.24, 2.45) is 0 Å². The first kappa shape index (κ1) is 20.8. The molecule has 0 atom stereocenters. The van der Waals surface area contributed by atoms with E-state index in [1.165, 1.54) is 23.1 Å². The van der Waals surface area contributed by atoms with Gasteiger partial charge in [0.15, 0.2) is 0 Å². The highest BCUT2D eigenvalue weighted by atomic mass is 32.2. The van der Waals surface area contributed by atoms with Crippen LogP contribution in [-0.2, 0) is 5.75 Å². The van der Waals surface area contributed by atoms with Crippen LogP contribution >= 0.6 is 23.1 Å². The van der Waals surface area contributed by atoms with E-state index in [2.05, 4.69) is 15.5 Å². The molecule has 1 N–H and O–H groups in total.